The third kappa shape index (κ3) is 3.51. The van der Waals surface area contributed by atoms with Gasteiger partial charge in [-0.2, -0.15) is 0 Å². The number of aryl methyl sites for hydroxylation is 1. The van der Waals surface area contributed by atoms with Crippen LogP contribution in [0.15, 0.2) is 60.0 Å². The molecule has 1 unspecified atom stereocenters. The maximum atomic E-state index is 13.4. The zero-order chi connectivity index (χ0) is 17.1. The predicted molar refractivity (Wildman–Crippen MR) is 91.2 cm³/mol. The molecule has 0 radical (unpaired) electrons. The smallest absolute Gasteiger partial charge is 0.252 e. The van der Waals surface area contributed by atoms with Crippen molar-refractivity contribution in [3.8, 4) is 0 Å². The molecule has 1 N–H and O–H groups in total. The number of thiophene rings is 1. The summed E-state index contributed by atoms with van der Waals surface area (Å²) in [7, 11) is 0. The molecule has 2 nitrogen and oxygen atoms in total. The van der Waals surface area contributed by atoms with Crippen LogP contribution in [0.2, 0.25) is 0 Å². The van der Waals surface area contributed by atoms with Gasteiger partial charge in [-0.15, -0.1) is 11.3 Å². The van der Waals surface area contributed by atoms with E-state index in [2.05, 4.69) is 5.32 Å². The highest BCUT2D eigenvalue weighted by molar-refractivity contribution is 7.10. The van der Waals surface area contributed by atoms with E-state index in [1.807, 2.05) is 48.7 Å². The lowest BCUT2D eigenvalue weighted by Gasteiger charge is -2.18. The largest absolute Gasteiger partial charge is 0.340 e. The molecule has 0 saturated heterocycles. The summed E-state index contributed by atoms with van der Waals surface area (Å²) in [5.74, 6) is -2.46. The summed E-state index contributed by atoms with van der Waals surface area (Å²) in [4.78, 5) is 13.4. The van der Waals surface area contributed by atoms with E-state index in [0.29, 0.717) is 0 Å². The molecule has 0 aliphatic rings. The van der Waals surface area contributed by atoms with Crippen LogP contribution in [-0.2, 0) is 0 Å². The predicted octanol–water partition coefficient (Wildman–Crippen LogP) is 4.85. The van der Waals surface area contributed by atoms with Gasteiger partial charge in [-0.25, -0.2) is 8.78 Å². The number of nitrogens with one attached hydrogen (secondary N) is 1. The van der Waals surface area contributed by atoms with Crippen molar-refractivity contribution in [2.24, 2.45) is 0 Å². The number of halogens is 2. The summed E-state index contributed by atoms with van der Waals surface area (Å²) in [6.07, 6.45) is 0. The van der Waals surface area contributed by atoms with Crippen LogP contribution in [0.25, 0.3) is 0 Å². The van der Waals surface area contributed by atoms with Crippen molar-refractivity contribution in [1.29, 1.82) is 0 Å². The van der Waals surface area contributed by atoms with Crippen LogP contribution in [0.5, 0.6) is 0 Å². The first kappa shape index (κ1) is 16.3. The van der Waals surface area contributed by atoms with E-state index in [1.165, 1.54) is 17.4 Å². The lowest BCUT2D eigenvalue weighted by Crippen LogP contribution is -2.29. The molecule has 24 heavy (non-hydrogen) atoms. The van der Waals surface area contributed by atoms with Crippen LogP contribution in [0.4, 0.5) is 8.78 Å². The molecule has 1 heterocycles. The van der Waals surface area contributed by atoms with E-state index >= 15 is 0 Å². The Morgan fingerprint density at radius 1 is 1.04 bits per heavy atom. The fourth-order valence-corrected chi connectivity index (χ4v) is 3.19. The molecule has 0 fully saturated rings. The first-order valence-corrected chi connectivity index (χ1v) is 8.28. The molecule has 1 amide bonds. The SMILES string of the molecule is Cc1ccc(C(NC(=O)c2ccc(F)c(F)c2)c2cccs2)cc1. The van der Waals surface area contributed by atoms with Gasteiger partial charge in [0, 0.05) is 10.4 Å². The number of amides is 1. The van der Waals surface area contributed by atoms with Gasteiger partial charge in [0.25, 0.3) is 5.91 Å². The summed E-state index contributed by atoms with van der Waals surface area (Å²) in [6.45, 7) is 1.99. The van der Waals surface area contributed by atoms with Crippen molar-refractivity contribution in [3.63, 3.8) is 0 Å². The van der Waals surface area contributed by atoms with Crippen molar-refractivity contribution in [2.45, 2.75) is 13.0 Å². The molecule has 1 atom stereocenters. The third-order valence-electron chi connectivity index (χ3n) is 3.70. The maximum Gasteiger partial charge on any atom is 0.252 e. The standard InChI is InChI=1S/C19H15F2NOS/c1-12-4-6-13(7-5-12)18(17-3-2-10-24-17)22-19(23)14-8-9-15(20)16(21)11-14/h2-11,18H,1H3,(H,22,23). The monoisotopic (exact) mass is 343 g/mol. The van der Waals surface area contributed by atoms with E-state index < -0.39 is 17.5 Å². The van der Waals surface area contributed by atoms with E-state index in [0.717, 1.165) is 28.1 Å². The fraction of sp³-hybridized carbons (Fsp3) is 0.105. The second kappa shape index (κ2) is 6.93. The third-order valence-corrected chi connectivity index (χ3v) is 4.63. The van der Waals surface area contributed by atoms with E-state index in [9.17, 15) is 13.6 Å². The summed E-state index contributed by atoms with van der Waals surface area (Å²) in [6, 6.07) is 14.5. The Kier molecular flexibility index (Phi) is 4.71. The first-order valence-electron chi connectivity index (χ1n) is 7.40. The minimum absolute atomic E-state index is 0.0857. The van der Waals surface area contributed by atoms with Gasteiger partial charge in [0.1, 0.15) is 0 Å². The summed E-state index contributed by atoms with van der Waals surface area (Å²) >= 11 is 1.52. The molecule has 0 aliphatic heterocycles. The van der Waals surface area contributed by atoms with Gasteiger partial charge in [0.2, 0.25) is 0 Å². The average Bonchev–Trinajstić information content (AvgIpc) is 3.10. The van der Waals surface area contributed by atoms with Gasteiger partial charge >= 0.3 is 0 Å². The molecular formula is C19H15F2NOS. The summed E-state index contributed by atoms with van der Waals surface area (Å²) < 4.78 is 26.4. The summed E-state index contributed by atoms with van der Waals surface area (Å²) in [5.41, 5.74) is 2.14. The van der Waals surface area contributed by atoms with Crippen LogP contribution in [0.1, 0.15) is 32.4 Å². The highest BCUT2D eigenvalue weighted by Gasteiger charge is 2.19. The van der Waals surface area contributed by atoms with Crippen molar-refractivity contribution in [3.05, 3.63) is 93.2 Å². The minimum atomic E-state index is -1.04. The van der Waals surface area contributed by atoms with Gasteiger partial charge in [-0.05, 0) is 42.1 Å². The summed E-state index contributed by atoms with van der Waals surface area (Å²) in [5, 5.41) is 4.83. The molecule has 3 aromatic rings. The Bertz CT molecular complexity index is 844. The quantitative estimate of drug-likeness (QED) is 0.720. The Labute approximate surface area is 142 Å². The normalized spacial score (nSPS) is 12.0. The lowest BCUT2D eigenvalue weighted by molar-refractivity contribution is 0.0943. The van der Waals surface area contributed by atoms with Crippen molar-refractivity contribution in [2.75, 3.05) is 0 Å². The zero-order valence-electron chi connectivity index (χ0n) is 12.9. The Morgan fingerprint density at radius 3 is 2.42 bits per heavy atom. The Hall–Kier alpha value is -2.53. The van der Waals surface area contributed by atoms with Crippen LogP contribution < -0.4 is 5.32 Å². The van der Waals surface area contributed by atoms with Gasteiger partial charge in [-0.3, -0.25) is 4.79 Å². The number of benzene rings is 2. The van der Waals surface area contributed by atoms with Crippen LogP contribution in [0, 0.1) is 18.6 Å². The van der Waals surface area contributed by atoms with E-state index in [-0.39, 0.29) is 11.6 Å². The molecule has 0 bridgehead atoms. The Morgan fingerprint density at radius 2 is 1.79 bits per heavy atom. The molecular weight excluding hydrogens is 328 g/mol. The number of rotatable bonds is 4. The molecule has 122 valence electrons. The number of hydrogen-bond acceptors (Lipinski definition) is 2. The van der Waals surface area contributed by atoms with Gasteiger partial charge in [0.05, 0.1) is 6.04 Å². The maximum absolute atomic E-state index is 13.4. The molecule has 0 spiro atoms. The molecule has 5 heteroatoms. The zero-order valence-corrected chi connectivity index (χ0v) is 13.7. The molecule has 0 saturated carbocycles. The number of carbonyl (C=O) groups excluding carboxylic acids is 1. The topological polar surface area (TPSA) is 29.1 Å². The first-order chi connectivity index (χ1) is 11.5. The van der Waals surface area contributed by atoms with Gasteiger partial charge in [-0.1, -0.05) is 35.9 Å². The number of hydrogen-bond donors (Lipinski definition) is 1. The van der Waals surface area contributed by atoms with Crippen molar-refractivity contribution in [1.82, 2.24) is 5.32 Å². The molecule has 2 aromatic carbocycles. The second-order valence-electron chi connectivity index (χ2n) is 5.46. The second-order valence-corrected chi connectivity index (χ2v) is 6.44. The molecule has 1 aromatic heterocycles. The van der Waals surface area contributed by atoms with Crippen LogP contribution in [0.3, 0.4) is 0 Å². The highest BCUT2D eigenvalue weighted by Crippen LogP contribution is 2.27. The van der Waals surface area contributed by atoms with Gasteiger partial charge in [0.15, 0.2) is 11.6 Å². The van der Waals surface area contributed by atoms with Crippen LogP contribution in [-0.4, -0.2) is 5.91 Å². The number of carbonyl (C=O) groups is 1. The van der Waals surface area contributed by atoms with Gasteiger partial charge < -0.3 is 5.32 Å². The van der Waals surface area contributed by atoms with Crippen LogP contribution >= 0.6 is 11.3 Å². The lowest BCUT2D eigenvalue weighted by atomic mass is 10.0. The van der Waals surface area contributed by atoms with E-state index in [4.69, 9.17) is 0 Å². The fourth-order valence-electron chi connectivity index (χ4n) is 2.38. The molecule has 3 rings (SSSR count). The van der Waals surface area contributed by atoms with E-state index in [1.54, 1.807) is 0 Å². The minimum Gasteiger partial charge on any atom is -0.340 e. The Balaban J connectivity index is 1.90. The van der Waals surface area contributed by atoms with Crippen molar-refractivity contribution >= 4 is 17.2 Å². The highest BCUT2D eigenvalue weighted by atomic mass is 32.1. The average molecular weight is 343 g/mol. The van der Waals surface area contributed by atoms with Crippen molar-refractivity contribution < 1.29 is 13.6 Å². The molecule has 0 aliphatic carbocycles.